The van der Waals surface area contributed by atoms with Gasteiger partial charge in [0.15, 0.2) is 0 Å². The van der Waals surface area contributed by atoms with Crippen LogP contribution in [0.4, 0.5) is 0 Å². The predicted octanol–water partition coefficient (Wildman–Crippen LogP) is 2.54. The van der Waals surface area contributed by atoms with Crippen molar-refractivity contribution in [2.75, 3.05) is 7.05 Å². The summed E-state index contributed by atoms with van der Waals surface area (Å²) in [5.41, 5.74) is 6.11. The maximum absolute atomic E-state index is 12.5. The second-order valence-electron chi connectivity index (χ2n) is 6.39. The van der Waals surface area contributed by atoms with Gasteiger partial charge in [-0.05, 0) is 38.0 Å². The Bertz CT molecular complexity index is 282. The van der Waals surface area contributed by atoms with Gasteiger partial charge in [0.1, 0.15) is 0 Å². The maximum atomic E-state index is 12.5. The summed E-state index contributed by atoms with van der Waals surface area (Å²) in [4.78, 5) is 14.6. The van der Waals surface area contributed by atoms with Crippen molar-refractivity contribution in [3.8, 4) is 0 Å². The molecule has 0 aromatic rings. The normalized spacial score (nSPS) is 34.3. The largest absolute Gasteiger partial charge is 0.343 e. The van der Waals surface area contributed by atoms with Gasteiger partial charge in [0.2, 0.25) is 5.91 Å². The Kier molecular flexibility index (Phi) is 4.66. The Balaban J connectivity index is 1.89. The van der Waals surface area contributed by atoms with Crippen LogP contribution in [0, 0.1) is 11.8 Å². The van der Waals surface area contributed by atoms with Crippen LogP contribution in [0.15, 0.2) is 0 Å². The molecule has 2 aliphatic carbocycles. The third kappa shape index (κ3) is 3.05. The molecule has 0 aliphatic heterocycles. The lowest BCUT2D eigenvalue weighted by atomic mass is 9.78. The molecule has 18 heavy (non-hydrogen) atoms. The van der Waals surface area contributed by atoms with E-state index in [-0.39, 0.29) is 12.0 Å². The topological polar surface area (TPSA) is 46.3 Å². The van der Waals surface area contributed by atoms with Crippen LogP contribution in [0.25, 0.3) is 0 Å². The van der Waals surface area contributed by atoms with E-state index in [0.29, 0.717) is 17.9 Å². The number of hydrogen-bond donors (Lipinski definition) is 1. The van der Waals surface area contributed by atoms with Crippen LogP contribution >= 0.6 is 0 Å². The minimum atomic E-state index is 0.183. The number of carbonyl (C=O) groups is 1. The minimum Gasteiger partial charge on any atom is -0.343 e. The molecule has 3 unspecified atom stereocenters. The van der Waals surface area contributed by atoms with Crippen molar-refractivity contribution in [3.05, 3.63) is 0 Å². The van der Waals surface area contributed by atoms with Crippen LogP contribution in [0.5, 0.6) is 0 Å². The quantitative estimate of drug-likeness (QED) is 0.821. The van der Waals surface area contributed by atoms with Crippen molar-refractivity contribution in [2.45, 2.75) is 70.4 Å². The second kappa shape index (κ2) is 6.05. The van der Waals surface area contributed by atoms with E-state index < -0.39 is 0 Å². The van der Waals surface area contributed by atoms with E-state index in [1.54, 1.807) is 0 Å². The molecule has 2 aliphatic rings. The van der Waals surface area contributed by atoms with Crippen molar-refractivity contribution in [1.29, 1.82) is 0 Å². The first-order chi connectivity index (χ1) is 8.59. The Labute approximate surface area is 111 Å². The van der Waals surface area contributed by atoms with Gasteiger partial charge in [-0.2, -0.15) is 0 Å². The fraction of sp³-hybridized carbons (Fsp3) is 0.933. The van der Waals surface area contributed by atoms with Crippen molar-refractivity contribution < 1.29 is 4.79 Å². The Hall–Kier alpha value is -0.570. The summed E-state index contributed by atoms with van der Waals surface area (Å²) in [6.45, 7) is 2.20. The first-order valence-corrected chi connectivity index (χ1v) is 7.62. The molecule has 0 spiro atoms. The van der Waals surface area contributed by atoms with Gasteiger partial charge in [-0.25, -0.2) is 0 Å². The van der Waals surface area contributed by atoms with Crippen LogP contribution in [0.3, 0.4) is 0 Å². The number of rotatable bonds is 2. The van der Waals surface area contributed by atoms with Crippen LogP contribution < -0.4 is 5.73 Å². The van der Waals surface area contributed by atoms with Crippen molar-refractivity contribution >= 4 is 5.91 Å². The molecule has 0 aromatic heterocycles. The third-order valence-corrected chi connectivity index (χ3v) is 5.08. The van der Waals surface area contributed by atoms with Crippen LogP contribution in [-0.2, 0) is 4.79 Å². The molecule has 1 amide bonds. The molecule has 0 radical (unpaired) electrons. The number of hydrogen-bond acceptors (Lipinski definition) is 2. The van der Waals surface area contributed by atoms with Crippen LogP contribution in [-0.4, -0.2) is 29.9 Å². The highest BCUT2D eigenvalue weighted by Crippen LogP contribution is 2.30. The number of amides is 1. The molecule has 0 saturated heterocycles. The van der Waals surface area contributed by atoms with Crippen LogP contribution in [0.2, 0.25) is 0 Å². The summed E-state index contributed by atoms with van der Waals surface area (Å²) < 4.78 is 0. The first-order valence-electron chi connectivity index (χ1n) is 7.62. The molecule has 3 atom stereocenters. The highest BCUT2D eigenvalue weighted by atomic mass is 16.2. The van der Waals surface area contributed by atoms with E-state index in [1.807, 2.05) is 11.9 Å². The second-order valence-corrected chi connectivity index (χ2v) is 6.39. The molecule has 0 heterocycles. The van der Waals surface area contributed by atoms with E-state index in [1.165, 1.54) is 32.1 Å². The fourth-order valence-corrected chi connectivity index (χ4v) is 3.52. The Morgan fingerprint density at radius 2 is 1.78 bits per heavy atom. The van der Waals surface area contributed by atoms with Gasteiger partial charge in [0.05, 0.1) is 0 Å². The highest BCUT2D eigenvalue weighted by molar-refractivity contribution is 5.79. The lowest BCUT2D eigenvalue weighted by Gasteiger charge is -2.37. The summed E-state index contributed by atoms with van der Waals surface area (Å²) in [7, 11) is 2.00. The van der Waals surface area contributed by atoms with Crippen molar-refractivity contribution in [3.63, 3.8) is 0 Å². The average molecular weight is 252 g/mol. The van der Waals surface area contributed by atoms with E-state index in [4.69, 9.17) is 5.73 Å². The molecule has 104 valence electrons. The van der Waals surface area contributed by atoms with E-state index in [0.717, 1.165) is 19.3 Å². The van der Waals surface area contributed by atoms with Gasteiger partial charge in [-0.3, -0.25) is 4.79 Å². The Morgan fingerprint density at radius 1 is 1.11 bits per heavy atom. The molecular weight excluding hydrogens is 224 g/mol. The lowest BCUT2D eigenvalue weighted by Crippen LogP contribution is -2.45. The van der Waals surface area contributed by atoms with Gasteiger partial charge < -0.3 is 10.6 Å². The van der Waals surface area contributed by atoms with Crippen molar-refractivity contribution in [2.24, 2.45) is 17.6 Å². The minimum absolute atomic E-state index is 0.183. The number of nitrogens with two attached hydrogens (primary N) is 1. The maximum Gasteiger partial charge on any atom is 0.225 e. The SMILES string of the molecule is CC1CCC(C(=O)N(C)C2CCCCC2)CC1N. The van der Waals surface area contributed by atoms with E-state index in [2.05, 4.69) is 6.92 Å². The summed E-state index contributed by atoms with van der Waals surface area (Å²) in [5, 5.41) is 0. The average Bonchev–Trinajstić information content (AvgIpc) is 2.41. The third-order valence-electron chi connectivity index (χ3n) is 5.08. The predicted molar refractivity (Wildman–Crippen MR) is 74.1 cm³/mol. The number of nitrogens with zero attached hydrogens (tertiary/aromatic N) is 1. The summed E-state index contributed by atoms with van der Waals surface area (Å²) >= 11 is 0. The summed E-state index contributed by atoms with van der Waals surface area (Å²) in [6, 6.07) is 0.703. The van der Waals surface area contributed by atoms with E-state index >= 15 is 0 Å². The summed E-state index contributed by atoms with van der Waals surface area (Å²) in [6.07, 6.45) is 9.31. The van der Waals surface area contributed by atoms with Gasteiger partial charge in [0, 0.05) is 25.0 Å². The van der Waals surface area contributed by atoms with Crippen LogP contribution in [0.1, 0.15) is 58.3 Å². The smallest absolute Gasteiger partial charge is 0.225 e. The molecule has 0 bridgehead atoms. The monoisotopic (exact) mass is 252 g/mol. The first kappa shape index (κ1) is 13.9. The molecule has 2 fully saturated rings. The Morgan fingerprint density at radius 3 is 2.39 bits per heavy atom. The molecule has 2 saturated carbocycles. The van der Waals surface area contributed by atoms with Gasteiger partial charge in [0.25, 0.3) is 0 Å². The zero-order valence-corrected chi connectivity index (χ0v) is 11.9. The highest BCUT2D eigenvalue weighted by Gasteiger charge is 2.33. The van der Waals surface area contributed by atoms with Gasteiger partial charge in [-0.1, -0.05) is 26.2 Å². The summed E-state index contributed by atoms with van der Waals surface area (Å²) in [5.74, 6) is 1.11. The zero-order chi connectivity index (χ0) is 13.1. The van der Waals surface area contributed by atoms with E-state index in [9.17, 15) is 4.79 Å². The number of carbonyl (C=O) groups excluding carboxylic acids is 1. The standard InChI is InChI=1S/C15H28N2O/c1-11-8-9-12(10-14(11)16)15(18)17(2)13-6-4-3-5-7-13/h11-14H,3-10,16H2,1-2H3. The molecular formula is C15H28N2O. The molecule has 0 aromatic carbocycles. The zero-order valence-electron chi connectivity index (χ0n) is 11.9. The molecule has 3 nitrogen and oxygen atoms in total. The molecule has 2 rings (SSSR count). The van der Waals surface area contributed by atoms with Gasteiger partial charge >= 0.3 is 0 Å². The van der Waals surface area contributed by atoms with Gasteiger partial charge in [-0.15, -0.1) is 0 Å². The molecule has 3 heteroatoms. The lowest BCUT2D eigenvalue weighted by molar-refractivity contribution is -0.138. The van der Waals surface area contributed by atoms with Crippen molar-refractivity contribution in [1.82, 2.24) is 4.90 Å². The fourth-order valence-electron chi connectivity index (χ4n) is 3.52. The molecule has 2 N–H and O–H groups in total.